The van der Waals surface area contributed by atoms with Crippen molar-refractivity contribution in [2.45, 2.75) is 44.5 Å². The summed E-state index contributed by atoms with van der Waals surface area (Å²) in [5.74, 6) is 0.103. The second-order valence-corrected chi connectivity index (χ2v) is 5.36. The fourth-order valence-electron chi connectivity index (χ4n) is 2.32. The molecule has 1 aliphatic heterocycles. The smallest absolute Gasteiger partial charge is 0.223 e. The van der Waals surface area contributed by atoms with Crippen LogP contribution in [0.1, 0.15) is 12.5 Å². The fraction of sp³-hybridized carbons (Fsp3) is 0.533. The standard InChI is InChI=1S/C15H21NO6/c1-8-3-5-10(6-4-8)21-15-12(16-9(2)18)14(20)13(19)11(7-17)22-15/h3-6,11-15,17,19-20H,7H2,1-2H3,(H,16,18). The van der Waals surface area contributed by atoms with Crippen molar-refractivity contribution >= 4 is 5.91 Å². The lowest BCUT2D eigenvalue weighted by Crippen LogP contribution is -2.65. The van der Waals surface area contributed by atoms with E-state index in [1.54, 1.807) is 12.1 Å². The first-order valence-corrected chi connectivity index (χ1v) is 7.05. The first-order chi connectivity index (χ1) is 10.4. The van der Waals surface area contributed by atoms with Crippen molar-refractivity contribution in [1.82, 2.24) is 5.32 Å². The Hall–Kier alpha value is -1.67. The lowest BCUT2D eigenvalue weighted by atomic mass is 9.97. The van der Waals surface area contributed by atoms with Crippen LogP contribution in [0.25, 0.3) is 0 Å². The van der Waals surface area contributed by atoms with Crippen LogP contribution < -0.4 is 10.1 Å². The van der Waals surface area contributed by atoms with Crippen LogP contribution in [0.5, 0.6) is 5.75 Å². The van der Waals surface area contributed by atoms with Gasteiger partial charge in [0.15, 0.2) is 0 Å². The number of hydrogen-bond acceptors (Lipinski definition) is 6. The van der Waals surface area contributed by atoms with E-state index >= 15 is 0 Å². The number of rotatable bonds is 4. The molecule has 122 valence electrons. The van der Waals surface area contributed by atoms with Gasteiger partial charge in [-0.3, -0.25) is 4.79 Å². The first kappa shape index (κ1) is 16.7. The molecular weight excluding hydrogens is 290 g/mol. The molecular formula is C15H21NO6. The Morgan fingerprint density at radius 2 is 1.91 bits per heavy atom. The average Bonchev–Trinajstić information content (AvgIpc) is 2.48. The quantitative estimate of drug-likeness (QED) is 0.587. The molecule has 0 aliphatic carbocycles. The van der Waals surface area contributed by atoms with Gasteiger partial charge in [0.05, 0.1) is 6.61 Å². The molecule has 0 aromatic heterocycles. The zero-order valence-electron chi connectivity index (χ0n) is 12.5. The topological polar surface area (TPSA) is 108 Å². The number of carbonyl (C=O) groups excluding carboxylic acids is 1. The molecule has 1 aromatic carbocycles. The minimum Gasteiger partial charge on any atom is -0.463 e. The predicted molar refractivity (Wildman–Crippen MR) is 77.2 cm³/mol. The lowest BCUT2D eigenvalue weighted by molar-refractivity contribution is -0.244. The highest BCUT2D eigenvalue weighted by Gasteiger charge is 2.46. The second-order valence-electron chi connectivity index (χ2n) is 5.36. The minimum atomic E-state index is -1.32. The van der Waals surface area contributed by atoms with Gasteiger partial charge in [0, 0.05) is 6.92 Å². The van der Waals surface area contributed by atoms with Gasteiger partial charge in [-0.15, -0.1) is 0 Å². The number of benzene rings is 1. The molecule has 7 nitrogen and oxygen atoms in total. The summed E-state index contributed by atoms with van der Waals surface area (Å²) in [6.07, 6.45) is -4.65. The van der Waals surface area contributed by atoms with Crippen molar-refractivity contribution in [1.29, 1.82) is 0 Å². The molecule has 1 heterocycles. The Morgan fingerprint density at radius 3 is 2.45 bits per heavy atom. The van der Waals surface area contributed by atoms with E-state index in [2.05, 4.69) is 5.32 Å². The third kappa shape index (κ3) is 3.75. The van der Waals surface area contributed by atoms with E-state index in [4.69, 9.17) is 9.47 Å². The van der Waals surface area contributed by atoms with Crippen LogP contribution in [0.3, 0.4) is 0 Å². The number of aliphatic hydroxyl groups excluding tert-OH is 3. The molecule has 1 saturated heterocycles. The SMILES string of the molecule is CC(=O)NC1C(Oc2ccc(C)cc2)OC(CO)C(O)C1O. The van der Waals surface area contributed by atoms with E-state index in [-0.39, 0.29) is 5.91 Å². The number of aryl methyl sites for hydroxylation is 1. The summed E-state index contributed by atoms with van der Waals surface area (Å²) in [5, 5.41) is 31.8. The van der Waals surface area contributed by atoms with Gasteiger partial charge in [0.2, 0.25) is 12.2 Å². The Labute approximate surface area is 128 Å². The summed E-state index contributed by atoms with van der Waals surface area (Å²) in [6.45, 7) is 2.75. The molecule has 1 fully saturated rings. The first-order valence-electron chi connectivity index (χ1n) is 7.05. The summed E-state index contributed by atoms with van der Waals surface area (Å²) >= 11 is 0. The number of nitrogens with one attached hydrogen (secondary N) is 1. The highest BCUT2D eigenvalue weighted by Crippen LogP contribution is 2.24. The Bertz CT molecular complexity index is 505. The maximum absolute atomic E-state index is 11.3. The molecule has 0 saturated carbocycles. The van der Waals surface area contributed by atoms with Crippen molar-refractivity contribution in [3.8, 4) is 5.75 Å². The maximum atomic E-state index is 11.3. The molecule has 1 aromatic rings. The van der Waals surface area contributed by atoms with Gasteiger partial charge < -0.3 is 30.1 Å². The van der Waals surface area contributed by atoms with E-state index in [0.717, 1.165) is 5.56 Å². The molecule has 1 amide bonds. The van der Waals surface area contributed by atoms with Crippen LogP contribution in [0.4, 0.5) is 0 Å². The third-order valence-corrected chi connectivity index (χ3v) is 3.52. The summed E-state index contributed by atoms with van der Waals surface area (Å²) in [5.41, 5.74) is 1.05. The molecule has 22 heavy (non-hydrogen) atoms. The zero-order valence-corrected chi connectivity index (χ0v) is 12.5. The maximum Gasteiger partial charge on any atom is 0.223 e. The van der Waals surface area contributed by atoms with Crippen LogP contribution in [-0.2, 0) is 9.53 Å². The average molecular weight is 311 g/mol. The zero-order chi connectivity index (χ0) is 16.3. The van der Waals surface area contributed by atoms with Gasteiger partial charge in [0.25, 0.3) is 0 Å². The molecule has 0 radical (unpaired) electrons. The second kappa shape index (κ2) is 7.06. The number of hydrogen-bond donors (Lipinski definition) is 4. The van der Waals surface area contributed by atoms with Crippen molar-refractivity contribution < 1.29 is 29.6 Å². The van der Waals surface area contributed by atoms with Crippen molar-refractivity contribution in [2.24, 2.45) is 0 Å². The summed E-state index contributed by atoms with van der Waals surface area (Å²) < 4.78 is 11.1. The van der Waals surface area contributed by atoms with Gasteiger partial charge in [-0.25, -0.2) is 0 Å². The van der Waals surface area contributed by atoms with E-state index in [1.807, 2.05) is 19.1 Å². The van der Waals surface area contributed by atoms with E-state index < -0.39 is 37.3 Å². The Kier molecular flexibility index (Phi) is 5.36. The molecule has 5 atom stereocenters. The summed E-state index contributed by atoms with van der Waals surface area (Å²) in [4.78, 5) is 11.3. The van der Waals surface area contributed by atoms with Crippen LogP contribution in [0.2, 0.25) is 0 Å². The summed E-state index contributed by atoms with van der Waals surface area (Å²) in [6, 6.07) is 6.21. The van der Waals surface area contributed by atoms with Crippen molar-refractivity contribution in [3.05, 3.63) is 29.8 Å². The van der Waals surface area contributed by atoms with E-state index in [9.17, 15) is 20.1 Å². The highest BCUT2D eigenvalue weighted by atomic mass is 16.7. The van der Waals surface area contributed by atoms with Gasteiger partial charge >= 0.3 is 0 Å². The summed E-state index contributed by atoms with van der Waals surface area (Å²) in [7, 11) is 0. The van der Waals surface area contributed by atoms with Gasteiger partial charge in [-0.2, -0.15) is 0 Å². The molecule has 1 aliphatic rings. The molecule has 2 rings (SSSR count). The van der Waals surface area contributed by atoms with E-state index in [0.29, 0.717) is 5.75 Å². The van der Waals surface area contributed by atoms with Crippen molar-refractivity contribution in [2.75, 3.05) is 6.61 Å². The van der Waals surface area contributed by atoms with Crippen LogP contribution in [-0.4, -0.2) is 58.5 Å². The molecule has 4 N–H and O–H groups in total. The van der Waals surface area contributed by atoms with Gasteiger partial charge in [-0.05, 0) is 19.1 Å². The Balaban J connectivity index is 2.18. The van der Waals surface area contributed by atoms with E-state index in [1.165, 1.54) is 6.92 Å². The number of ether oxygens (including phenoxy) is 2. The minimum absolute atomic E-state index is 0.389. The highest BCUT2D eigenvalue weighted by molar-refractivity contribution is 5.73. The molecule has 5 unspecified atom stereocenters. The number of amides is 1. The normalized spacial score (nSPS) is 31.6. The predicted octanol–water partition coefficient (Wildman–Crippen LogP) is -0.682. The van der Waals surface area contributed by atoms with Gasteiger partial charge in [0.1, 0.15) is 30.1 Å². The lowest BCUT2D eigenvalue weighted by Gasteiger charge is -2.42. The Morgan fingerprint density at radius 1 is 1.27 bits per heavy atom. The van der Waals surface area contributed by atoms with Crippen LogP contribution in [0.15, 0.2) is 24.3 Å². The van der Waals surface area contributed by atoms with Gasteiger partial charge in [-0.1, -0.05) is 17.7 Å². The fourth-order valence-corrected chi connectivity index (χ4v) is 2.32. The monoisotopic (exact) mass is 311 g/mol. The number of aliphatic hydroxyl groups is 3. The van der Waals surface area contributed by atoms with Crippen LogP contribution in [0, 0.1) is 6.92 Å². The molecule has 0 spiro atoms. The number of carbonyl (C=O) groups is 1. The third-order valence-electron chi connectivity index (χ3n) is 3.52. The molecule has 7 heteroatoms. The molecule has 0 bridgehead atoms. The van der Waals surface area contributed by atoms with Crippen LogP contribution >= 0.6 is 0 Å². The van der Waals surface area contributed by atoms with Crippen molar-refractivity contribution in [3.63, 3.8) is 0 Å². The largest absolute Gasteiger partial charge is 0.463 e.